The molecule has 0 N–H and O–H groups in total. The molecule has 0 heterocycles. The predicted molar refractivity (Wildman–Crippen MR) is 78.3 cm³/mol. The number of alkyl halides is 1. The fourth-order valence-electron chi connectivity index (χ4n) is 1.39. The summed E-state index contributed by atoms with van der Waals surface area (Å²) in [6.07, 6.45) is 0. The van der Waals surface area contributed by atoms with Crippen LogP contribution in [0.25, 0.3) is 0 Å². The molecule has 2 aromatic rings. The highest BCUT2D eigenvalue weighted by Crippen LogP contribution is 2.30. The second-order valence-electron chi connectivity index (χ2n) is 3.42. The van der Waals surface area contributed by atoms with Gasteiger partial charge in [0.05, 0.1) is 0 Å². The van der Waals surface area contributed by atoms with E-state index in [0.29, 0.717) is 11.1 Å². The van der Waals surface area contributed by atoms with Crippen LogP contribution in [0.4, 0.5) is 4.39 Å². The van der Waals surface area contributed by atoms with Crippen LogP contribution in [0, 0.1) is 9.39 Å². The second-order valence-corrected chi connectivity index (χ2v) is 5.22. The number of para-hydroxylation sites is 1. The Morgan fingerprint density at radius 2 is 1.82 bits per heavy atom. The summed E-state index contributed by atoms with van der Waals surface area (Å²) in [6, 6.07) is 12.4. The first-order valence-corrected chi connectivity index (χ1v) is 7.17. The molecule has 0 bridgehead atoms. The smallest absolute Gasteiger partial charge is 0.167 e. The van der Waals surface area contributed by atoms with Crippen LogP contribution < -0.4 is 4.74 Å². The fraction of sp³-hybridized carbons (Fsp3) is 0.0769. The van der Waals surface area contributed by atoms with Gasteiger partial charge in [0.15, 0.2) is 11.6 Å². The Morgan fingerprint density at radius 3 is 2.47 bits per heavy atom. The van der Waals surface area contributed by atoms with Crippen molar-refractivity contribution in [3.63, 3.8) is 0 Å². The predicted octanol–water partition coefficient (Wildman–Crippen LogP) is 5.12. The number of halogens is 3. The van der Waals surface area contributed by atoms with Crippen molar-refractivity contribution in [1.82, 2.24) is 0 Å². The van der Waals surface area contributed by atoms with Gasteiger partial charge in [0.25, 0.3) is 0 Å². The van der Waals surface area contributed by atoms with Crippen molar-refractivity contribution in [1.29, 1.82) is 0 Å². The van der Waals surface area contributed by atoms with E-state index in [2.05, 4.69) is 38.5 Å². The van der Waals surface area contributed by atoms with Gasteiger partial charge in [-0.05, 0) is 52.9 Å². The van der Waals surface area contributed by atoms with Crippen LogP contribution in [0.15, 0.2) is 42.5 Å². The monoisotopic (exact) mass is 406 g/mol. The van der Waals surface area contributed by atoms with Crippen LogP contribution in [-0.4, -0.2) is 0 Å². The Bertz CT molecular complexity index is 513. The zero-order chi connectivity index (χ0) is 12.3. The Morgan fingerprint density at radius 1 is 1.12 bits per heavy atom. The summed E-state index contributed by atoms with van der Waals surface area (Å²) in [7, 11) is 0. The molecule has 0 aromatic heterocycles. The Labute approximate surface area is 121 Å². The minimum Gasteiger partial charge on any atom is -0.454 e. The molecule has 0 spiro atoms. The van der Waals surface area contributed by atoms with Gasteiger partial charge in [-0.3, -0.25) is 0 Å². The lowest BCUT2D eigenvalue weighted by atomic mass is 10.2. The Hall–Kier alpha value is -0.620. The number of hydrogen-bond donors (Lipinski definition) is 0. The molecular weight excluding hydrogens is 398 g/mol. The van der Waals surface area contributed by atoms with Crippen molar-refractivity contribution in [2.24, 2.45) is 0 Å². The minimum absolute atomic E-state index is 0.283. The van der Waals surface area contributed by atoms with Gasteiger partial charge in [0.1, 0.15) is 5.75 Å². The lowest BCUT2D eigenvalue weighted by molar-refractivity contribution is 0.438. The molecule has 0 saturated carbocycles. The molecule has 0 unspecified atom stereocenters. The molecule has 1 nitrogen and oxygen atoms in total. The van der Waals surface area contributed by atoms with Crippen LogP contribution in [0.5, 0.6) is 11.5 Å². The van der Waals surface area contributed by atoms with E-state index in [1.807, 2.05) is 30.3 Å². The van der Waals surface area contributed by atoms with Gasteiger partial charge in [0, 0.05) is 14.5 Å². The standard InChI is InChI=1S/C13H9BrFIO/c14-8-9-2-1-3-12(15)13(9)17-11-6-4-10(16)5-7-11/h1-7H,8H2. The first-order valence-electron chi connectivity index (χ1n) is 4.97. The van der Waals surface area contributed by atoms with E-state index in [9.17, 15) is 4.39 Å². The quantitative estimate of drug-likeness (QED) is 0.508. The highest BCUT2D eigenvalue weighted by atomic mass is 127. The lowest BCUT2D eigenvalue weighted by Gasteiger charge is -2.10. The van der Waals surface area contributed by atoms with Crippen molar-refractivity contribution in [3.05, 3.63) is 57.4 Å². The molecule has 17 heavy (non-hydrogen) atoms. The average molecular weight is 407 g/mol. The first-order chi connectivity index (χ1) is 8.20. The van der Waals surface area contributed by atoms with Gasteiger partial charge in [-0.2, -0.15) is 0 Å². The normalized spacial score (nSPS) is 10.3. The molecule has 0 amide bonds. The Balaban J connectivity index is 2.32. The summed E-state index contributed by atoms with van der Waals surface area (Å²) in [5.41, 5.74) is 0.795. The molecule has 4 heteroatoms. The summed E-state index contributed by atoms with van der Waals surface area (Å²) in [5, 5.41) is 0.560. The third kappa shape index (κ3) is 3.19. The van der Waals surface area contributed by atoms with Gasteiger partial charge >= 0.3 is 0 Å². The largest absolute Gasteiger partial charge is 0.454 e. The van der Waals surface area contributed by atoms with Gasteiger partial charge in [-0.25, -0.2) is 4.39 Å². The molecule has 0 aliphatic carbocycles. The minimum atomic E-state index is -0.347. The molecule has 0 aliphatic heterocycles. The van der Waals surface area contributed by atoms with Gasteiger partial charge in [-0.1, -0.05) is 28.1 Å². The van der Waals surface area contributed by atoms with Gasteiger partial charge in [0.2, 0.25) is 0 Å². The summed E-state index contributed by atoms with van der Waals surface area (Å²) in [6.45, 7) is 0. The van der Waals surface area contributed by atoms with Crippen LogP contribution in [0.2, 0.25) is 0 Å². The molecule has 0 fully saturated rings. The van der Waals surface area contributed by atoms with E-state index in [0.717, 1.165) is 9.13 Å². The SMILES string of the molecule is Fc1cccc(CBr)c1Oc1ccc(I)cc1. The van der Waals surface area contributed by atoms with E-state index in [4.69, 9.17) is 4.74 Å². The third-order valence-corrected chi connectivity index (χ3v) is 3.55. The van der Waals surface area contributed by atoms with Crippen LogP contribution in [0.3, 0.4) is 0 Å². The second kappa shape index (κ2) is 5.82. The van der Waals surface area contributed by atoms with Crippen molar-refractivity contribution in [2.75, 3.05) is 0 Å². The van der Waals surface area contributed by atoms with Gasteiger partial charge in [-0.15, -0.1) is 0 Å². The van der Waals surface area contributed by atoms with E-state index >= 15 is 0 Å². The van der Waals surface area contributed by atoms with Gasteiger partial charge < -0.3 is 4.74 Å². The molecule has 0 saturated heterocycles. The van der Waals surface area contributed by atoms with Crippen molar-refractivity contribution in [3.8, 4) is 11.5 Å². The fourth-order valence-corrected chi connectivity index (χ4v) is 2.19. The molecule has 0 aliphatic rings. The molecule has 88 valence electrons. The molecule has 2 aromatic carbocycles. The molecule has 0 radical (unpaired) electrons. The van der Waals surface area contributed by atoms with E-state index in [-0.39, 0.29) is 11.6 Å². The zero-order valence-electron chi connectivity index (χ0n) is 8.79. The summed E-state index contributed by atoms with van der Waals surface area (Å²) >= 11 is 5.53. The Kier molecular flexibility index (Phi) is 4.39. The average Bonchev–Trinajstić information content (AvgIpc) is 2.34. The number of rotatable bonds is 3. The van der Waals surface area contributed by atoms with Crippen LogP contribution >= 0.6 is 38.5 Å². The molecule has 2 rings (SSSR count). The van der Waals surface area contributed by atoms with E-state index in [1.165, 1.54) is 6.07 Å². The van der Waals surface area contributed by atoms with Crippen molar-refractivity contribution < 1.29 is 9.13 Å². The maximum atomic E-state index is 13.7. The zero-order valence-corrected chi connectivity index (χ0v) is 12.5. The number of ether oxygens (including phenoxy) is 1. The third-order valence-electron chi connectivity index (χ3n) is 2.23. The van der Waals surface area contributed by atoms with Crippen molar-refractivity contribution >= 4 is 38.5 Å². The topological polar surface area (TPSA) is 9.23 Å². The number of benzene rings is 2. The highest BCUT2D eigenvalue weighted by Gasteiger charge is 2.09. The lowest BCUT2D eigenvalue weighted by Crippen LogP contribution is -1.93. The first kappa shape index (κ1) is 12.8. The summed E-state index contributed by atoms with van der Waals surface area (Å²) in [4.78, 5) is 0. The summed E-state index contributed by atoms with van der Waals surface area (Å²) in [5.74, 6) is 0.573. The molecule has 0 atom stereocenters. The van der Waals surface area contributed by atoms with E-state index in [1.54, 1.807) is 6.07 Å². The summed E-state index contributed by atoms with van der Waals surface area (Å²) < 4.78 is 20.3. The van der Waals surface area contributed by atoms with Crippen LogP contribution in [0.1, 0.15) is 5.56 Å². The van der Waals surface area contributed by atoms with Crippen LogP contribution in [-0.2, 0) is 5.33 Å². The maximum Gasteiger partial charge on any atom is 0.167 e. The van der Waals surface area contributed by atoms with Crippen molar-refractivity contribution in [2.45, 2.75) is 5.33 Å². The highest BCUT2D eigenvalue weighted by molar-refractivity contribution is 14.1. The maximum absolute atomic E-state index is 13.7. The van der Waals surface area contributed by atoms with E-state index < -0.39 is 0 Å². The number of hydrogen-bond acceptors (Lipinski definition) is 1. The molecular formula is C13H9BrFIO.